The Kier molecular flexibility index (Phi) is 9.35. The van der Waals surface area contributed by atoms with Crippen LogP contribution < -0.4 is 16.4 Å². The Morgan fingerprint density at radius 1 is 1.05 bits per heavy atom. The first kappa shape index (κ1) is 27.8. The summed E-state index contributed by atoms with van der Waals surface area (Å²) in [6, 6.07) is 13.8. The van der Waals surface area contributed by atoms with Gasteiger partial charge in [-0.3, -0.25) is 4.79 Å². The zero-order chi connectivity index (χ0) is 27.2. The van der Waals surface area contributed by atoms with E-state index in [0.717, 1.165) is 74.1 Å². The summed E-state index contributed by atoms with van der Waals surface area (Å²) in [5, 5.41) is 8.22. The third-order valence-corrected chi connectivity index (χ3v) is 8.38. The van der Waals surface area contributed by atoms with E-state index in [4.69, 9.17) is 38.7 Å². The minimum absolute atomic E-state index is 0.100. The van der Waals surface area contributed by atoms with E-state index < -0.39 is 0 Å². The standard InChI is InChI=1S/C30H35Cl2N5O2/c31-24-6-3-7-25(32)23(24)12-13-26-29(33)36-18-28(37-26)20-10-8-19(9-11-20)17-35-21-14-15-34-27(16-21)30(38)39-22-4-1-2-5-22/h3,6-11,18,21-22,27,34-35H,1-2,4-5,12-17H2,(H2,33,36)/t21?,27-/m0/s1. The van der Waals surface area contributed by atoms with Gasteiger partial charge in [0.2, 0.25) is 0 Å². The van der Waals surface area contributed by atoms with Gasteiger partial charge in [0.05, 0.1) is 17.6 Å². The fourth-order valence-electron chi connectivity index (χ4n) is 5.36. The maximum Gasteiger partial charge on any atom is 0.323 e. The van der Waals surface area contributed by atoms with Crippen molar-refractivity contribution >= 4 is 35.0 Å². The van der Waals surface area contributed by atoms with E-state index >= 15 is 0 Å². The number of aryl methyl sites for hydroxylation is 1. The van der Waals surface area contributed by atoms with E-state index in [-0.39, 0.29) is 24.2 Å². The topological polar surface area (TPSA) is 102 Å². The second-order valence-electron chi connectivity index (χ2n) is 10.4. The number of hydrogen-bond donors (Lipinski definition) is 3. The van der Waals surface area contributed by atoms with Crippen LogP contribution in [0, 0.1) is 0 Å². The quantitative estimate of drug-likeness (QED) is 0.293. The number of nitrogens with zero attached hydrogens (tertiary/aromatic N) is 2. The summed E-state index contributed by atoms with van der Waals surface area (Å²) in [5.74, 6) is 0.312. The molecule has 39 heavy (non-hydrogen) atoms. The molecule has 1 saturated carbocycles. The van der Waals surface area contributed by atoms with Crippen LogP contribution in [0.5, 0.6) is 0 Å². The van der Waals surface area contributed by atoms with Gasteiger partial charge in [-0.25, -0.2) is 9.97 Å². The maximum absolute atomic E-state index is 12.6. The number of esters is 1. The van der Waals surface area contributed by atoms with Crippen molar-refractivity contribution in [3.63, 3.8) is 0 Å². The molecule has 2 aromatic carbocycles. The van der Waals surface area contributed by atoms with E-state index in [9.17, 15) is 4.79 Å². The van der Waals surface area contributed by atoms with Crippen molar-refractivity contribution in [2.24, 2.45) is 0 Å². The van der Waals surface area contributed by atoms with Gasteiger partial charge in [0, 0.05) is 28.2 Å². The highest BCUT2D eigenvalue weighted by Crippen LogP contribution is 2.27. The molecule has 206 valence electrons. The van der Waals surface area contributed by atoms with E-state index in [2.05, 4.69) is 39.9 Å². The highest BCUT2D eigenvalue weighted by atomic mass is 35.5. The molecule has 2 aliphatic rings. The van der Waals surface area contributed by atoms with Gasteiger partial charge in [-0.2, -0.15) is 0 Å². The number of piperidine rings is 1. The third kappa shape index (κ3) is 7.28. The lowest BCUT2D eigenvalue weighted by molar-refractivity contribution is -0.152. The predicted octanol–water partition coefficient (Wildman–Crippen LogP) is 5.51. The summed E-state index contributed by atoms with van der Waals surface area (Å²) in [6.07, 6.45) is 9.05. The van der Waals surface area contributed by atoms with E-state index in [1.165, 1.54) is 5.56 Å². The number of halogens is 2. The average Bonchev–Trinajstić information content (AvgIpc) is 3.46. The Bertz CT molecular complexity index is 1260. The second-order valence-corrected chi connectivity index (χ2v) is 11.3. The Labute approximate surface area is 239 Å². The number of nitrogens with two attached hydrogens (primary N) is 1. The van der Waals surface area contributed by atoms with Crippen LogP contribution in [-0.4, -0.2) is 40.7 Å². The van der Waals surface area contributed by atoms with Gasteiger partial charge in [-0.1, -0.05) is 53.5 Å². The number of ether oxygens (including phenoxy) is 1. The molecular formula is C30H35Cl2N5O2. The minimum Gasteiger partial charge on any atom is -0.461 e. The molecule has 0 radical (unpaired) electrons. The zero-order valence-corrected chi connectivity index (χ0v) is 23.5. The third-order valence-electron chi connectivity index (χ3n) is 7.67. The monoisotopic (exact) mass is 567 g/mol. The highest BCUT2D eigenvalue weighted by Gasteiger charge is 2.30. The fourth-order valence-corrected chi connectivity index (χ4v) is 5.95. The first-order valence-corrected chi connectivity index (χ1v) is 14.5. The Morgan fingerprint density at radius 3 is 2.54 bits per heavy atom. The summed E-state index contributed by atoms with van der Waals surface area (Å²) >= 11 is 12.6. The van der Waals surface area contributed by atoms with Crippen LogP contribution >= 0.6 is 23.2 Å². The molecule has 0 amide bonds. The molecule has 4 N–H and O–H groups in total. The number of rotatable bonds is 9. The number of carbonyl (C=O) groups is 1. The van der Waals surface area contributed by atoms with Gasteiger partial charge in [0.1, 0.15) is 18.0 Å². The zero-order valence-electron chi connectivity index (χ0n) is 22.0. The van der Waals surface area contributed by atoms with E-state index in [1.807, 2.05) is 18.2 Å². The molecule has 3 aromatic rings. The first-order valence-electron chi connectivity index (χ1n) is 13.8. The molecule has 9 heteroatoms. The maximum atomic E-state index is 12.6. The lowest BCUT2D eigenvalue weighted by Crippen LogP contribution is -2.50. The molecular weight excluding hydrogens is 533 g/mol. The van der Waals surface area contributed by atoms with Crippen molar-refractivity contribution < 1.29 is 9.53 Å². The van der Waals surface area contributed by atoms with Crippen LogP contribution in [0.1, 0.15) is 55.3 Å². The number of nitrogen functional groups attached to an aromatic ring is 1. The van der Waals surface area contributed by atoms with Gasteiger partial charge in [0.15, 0.2) is 0 Å². The number of carbonyl (C=O) groups excluding carboxylic acids is 1. The number of nitrogens with one attached hydrogen (secondary N) is 2. The molecule has 0 spiro atoms. The Hall–Kier alpha value is -2.71. The van der Waals surface area contributed by atoms with Crippen molar-refractivity contribution in [2.75, 3.05) is 12.3 Å². The van der Waals surface area contributed by atoms with Crippen molar-refractivity contribution in [2.45, 2.75) is 76.1 Å². The number of hydrogen-bond acceptors (Lipinski definition) is 7. The van der Waals surface area contributed by atoms with E-state index in [0.29, 0.717) is 28.7 Å². The van der Waals surface area contributed by atoms with E-state index in [1.54, 1.807) is 6.20 Å². The molecule has 1 aromatic heterocycles. The van der Waals surface area contributed by atoms with Gasteiger partial charge in [-0.05, 0) is 81.2 Å². The first-order chi connectivity index (χ1) is 19.0. The van der Waals surface area contributed by atoms with Crippen molar-refractivity contribution in [3.05, 3.63) is 75.5 Å². The fraction of sp³-hybridized carbons (Fsp3) is 0.433. The molecule has 7 nitrogen and oxygen atoms in total. The van der Waals surface area contributed by atoms with Gasteiger partial charge in [0.25, 0.3) is 0 Å². The summed E-state index contributed by atoms with van der Waals surface area (Å²) in [7, 11) is 0. The summed E-state index contributed by atoms with van der Waals surface area (Å²) in [4.78, 5) is 21.8. The van der Waals surface area contributed by atoms with Crippen LogP contribution in [0.2, 0.25) is 10.0 Å². The predicted molar refractivity (Wildman–Crippen MR) is 156 cm³/mol. The largest absolute Gasteiger partial charge is 0.461 e. The molecule has 1 saturated heterocycles. The SMILES string of the molecule is Nc1ncc(-c2ccc(CNC3CCN[C@H](C(=O)OC4CCCC4)C3)cc2)nc1CCc1c(Cl)cccc1Cl. The summed E-state index contributed by atoms with van der Waals surface area (Å²) < 4.78 is 5.72. The van der Waals surface area contributed by atoms with Crippen molar-refractivity contribution in [1.29, 1.82) is 0 Å². The molecule has 2 fully saturated rings. The number of anilines is 1. The minimum atomic E-state index is -0.230. The van der Waals surface area contributed by atoms with Crippen LogP contribution in [0.3, 0.4) is 0 Å². The molecule has 1 aliphatic carbocycles. The molecule has 0 bridgehead atoms. The van der Waals surface area contributed by atoms with Gasteiger partial charge < -0.3 is 21.1 Å². The summed E-state index contributed by atoms with van der Waals surface area (Å²) in [6.45, 7) is 1.54. The van der Waals surface area contributed by atoms with Crippen LogP contribution in [0.15, 0.2) is 48.7 Å². The number of benzene rings is 2. The smallest absolute Gasteiger partial charge is 0.323 e. The molecule has 2 heterocycles. The average molecular weight is 569 g/mol. The lowest BCUT2D eigenvalue weighted by atomic mass is 9.99. The molecule has 1 unspecified atom stereocenters. The van der Waals surface area contributed by atoms with Crippen LogP contribution in [0.4, 0.5) is 5.82 Å². The molecule has 1 aliphatic heterocycles. The van der Waals surface area contributed by atoms with Crippen molar-refractivity contribution in [3.8, 4) is 11.3 Å². The van der Waals surface area contributed by atoms with Crippen molar-refractivity contribution in [1.82, 2.24) is 20.6 Å². The van der Waals surface area contributed by atoms with Gasteiger partial charge >= 0.3 is 5.97 Å². The Morgan fingerprint density at radius 2 is 1.79 bits per heavy atom. The summed E-state index contributed by atoms with van der Waals surface area (Å²) in [5.41, 5.74) is 10.6. The number of aromatic nitrogens is 2. The molecule has 2 atom stereocenters. The highest BCUT2D eigenvalue weighted by molar-refractivity contribution is 6.36. The van der Waals surface area contributed by atoms with Gasteiger partial charge in [-0.15, -0.1) is 0 Å². The van der Waals surface area contributed by atoms with Crippen LogP contribution in [-0.2, 0) is 28.9 Å². The lowest BCUT2D eigenvalue weighted by Gasteiger charge is -2.30. The second kappa shape index (κ2) is 13.1. The van der Waals surface area contributed by atoms with Crippen LogP contribution in [0.25, 0.3) is 11.3 Å². The Balaban J connectivity index is 1.15. The normalized spacial score (nSPS) is 19.7. The molecule has 5 rings (SSSR count).